The van der Waals surface area contributed by atoms with E-state index in [4.69, 9.17) is 15.0 Å². The first kappa shape index (κ1) is 11.4. The molecule has 0 aliphatic heterocycles. The van der Waals surface area contributed by atoms with Gasteiger partial charge in [0.25, 0.3) is 0 Å². The first-order valence-corrected chi connectivity index (χ1v) is 5.07. The van der Waals surface area contributed by atoms with Gasteiger partial charge in [-0.05, 0) is 18.6 Å². The molecular formula is C11H13N3O3. The second-order valence-electron chi connectivity index (χ2n) is 3.53. The molecule has 0 saturated carbocycles. The quantitative estimate of drug-likeness (QED) is 0.830. The molecule has 0 amide bonds. The Bertz CT molecular complexity index is 537. The normalized spacial score (nSPS) is 10.5. The Morgan fingerprint density at radius 2 is 2.24 bits per heavy atom. The van der Waals surface area contributed by atoms with Crippen molar-refractivity contribution in [3.8, 4) is 22.9 Å². The standard InChI is InChI=1S/C11H13N3O3/c1-6-3-4-7(9(15)10(6)16-2)11-13-8(5-12)17-14-11/h3-4,15H,5,12H2,1-2H3. The number of aromatic nitrogens is 2. The third-order valence-electron chi connectivity index (χ3n) is 2.42. The molecule has 6 nitrogen and oxygen atoms in total. The highest BCUT2D eigenvalue weighted by Gasteiger charge is 2.16. The van der Waals surface area contributed by atoms with E-state index in [0.29, 0.717) is 23.0 Å². The van der Waals surface area contributed by atoms with E-state index < -0.39 is 0 Å². The first-order valence-electron chi connectivity index (χ1n) is 5.07. The van der Waals surface area contributed by atoms with Crippen molar-refractivity contribution in [3.05, 3.63) is 23.6 Å². The summed E-state index contributed by atoms with van der Waals surface area (Å²) in [6, 6.07) is 3.52. The molecule has 0 fully saturated rings. The molecule has 0 aliphatic rings. The molecule has 0 radical (unpaired) electrons. The Hall–Kier alpha value is -2.08. The molecule has 2 rings (SSSR count). The van der Waals surface area contributed by atoms with Crippen LogP contribution in [0.5, 0.6) is 11.5 Å². The molecule has 0 atom stereocenters. The summed E-state index contributed by atoms with van der Waals surface area (Å²) in [6.07, 6.45) is 0. The van der Waals surface area contributed by atoms with Gasteiger partial charge in [-0.3, -0.25) is 0 Å². The van der Waals surface area contributed by atoms with Crippen molar-refractivity contribution in [1.82, 2.24) is 10.1 Å². The second-order valence-corrected chi connectivity index (χ2v) is 3.53. The van der Waals surface area contributed by atoms with Crippen molar-refractivity contribution < 1.29 is 14.4 Å². The summed E-state index contributed by atoms with van der Waals surface area (Å²) in [5.74, 6) is 1.01. The topological polar surface area (TPSA) is 94.4 Å². The number of rotatable bonds is 3. The lowest BCUT2D eigenvalue weighted by Crippen LogP contribution is -1.96. The highest BCUT2D eigenvalue weighted by Crippen LogP contribution is 2.37. The minimum Gasteiger partial charge on any atom is -0.504 e. The van der Waals surface area contributed by atoms with Gasteiger partial charge in [0.2, 0.25) is 11.7 Å². The molecule has 3 N–H and O–H groups in total. The molecular weight excluding hydrogens is 222 g/mol. The Balaban J connectivity index is 2.52. The number of hydrogen-bond acceptors (Lipinski definition) is 6. The molecule has 0 unspecified atom stereocenters. The van der Waals surface area contributed by atoms with Crippen molar-refractivity contribution in [3.63, 3.8) is 0 Å². The summed E-state index contributed by atoms with van der Waals surface area (Å²) in [4.78, 5) is 4.05. The van der Waals surface area contributed by atoms with E-state index in [2.05, 4.69) is 10.1 Å². The summed E-state index contributed by atoms with van der Waals surface area (Å²) in [6.45, 7) is 2.00. The monoisotopic (exact) mass is 235 g/mol. The lowest BCUT2D eigenvalue weighted by molar-refractivity contribution is 0.370. The van der Waals surface area contributed by atoms with Crippen LogP contribution in [0.3, 0.4) is 0 Å². The molecule has 0 bridgehead atoms. The van der Waals surface area contributed by atoms with Crippen molar-refractivity contribution in [1.29, 1.82) is 0 Å². The molecule has 0 saturated heterocycles. The highest BCUT2D eigenvalue weighted by atomic mass is 16.5. The fourth-order valence-corrected chi connectivity index (χ4v) is 1.56. The van der Waals surface area contributed by atoms with E-state index in [9.17, 15) is 5.11 Å². The van der Waals surface area contributed by atoms with Crippen LogP contribution in [0, 0.1) is 6.92 Å². The first-order chi connectivity index (χ1) is 8.17. The summed E-state index contributed by atoms with van der Waals surface area (Å²) >= 11 is 0. The van der Waals surface area contributed by atoms with Crippen LogP contribution in [0.15, 0.2) is 16.7 Å². The number of hydrogen-bond donors (Lipinski definition) is 2. The largest absolute Gasteiger partial charge is 0.504 e. The maximum atomic E-state index is 10.0. The minimum absolute atomic E-state index is 0.00290. The summed E-state index contributed by atoms with van der Waals surface area (Å²) in [5, 5.41) is 13.8. The zero-order valence-electron chi connectivity index (χ0n) is 9.60. The van der Waals surface area contributed by atoms with Crippen LogP contribution < -0.4 is 10.5 Å². The van der Waals surface area contributed by atoms with E-state index in [1.54, 1.807) is 6.07 Å². The van der Waals surface area contributed by atoms with E-state index in [-0.39, 0.29) is 12.3 Å². The second kappa shape index (κ2) is 4.42. The van der Waals surface area contributed by atoms with Gasteiger partial charge in [-0.15, -0.1) is 0 Å². The fourth-order valence-electron chi connectivity index (χ4n) is 1.56. The van der Waals surface area contributed by atoms with Gasteiger partial charge in [0, 0.05) is 0 Å². The van der Waals surface area contributed by atoms with E-state index in [1.165, 1.54) is 7.11 Å². The molecule has 17 heavy (non-hydrogen) atoms. The van der Waals surface area contributed by atoms with Gasteiger partial charge >= 0.3 is 0 Å². The van der Waals surface area contributed by atoms with Crippen molar-refractivity contribution in [2.75, 3.05) is 7.11 Å². The third-order valence-corrected chi connectivity index (χ3v) is 2.42. The van der Waals surface area contributed by atoms with Crippen LogP contribution in [-0.2, 0) is 6.54 Å². The van der Waals surface area contributed by atoms with Crippen molar-refractivity contribution >= 4 is 0 Å². The number of aryl methyl sites for hydroxylation is 1. The van der Waals surface area contributed by atoms with Gasteiger partial charge in [-0.2, -0.15) is 4.98 Å². The zero-order chi connectivity index (χ0) is 12.4. The average molecular weight is 235 g/mol. The smallest absolute Gasteiger partial charge is 0.240 e. The van der Waals surface area contributed by atoms with Gasteiger partial charge in [-0.25, -0.2) is 0 Å². The number of ether oxygens (including phenoxy) is 1. The van der Waals surface area contributed by atoms with Crippen LogP contribution in [0.25, 0.3) is 11.4 Å². The maximum absolute atomic E-state index is 10.0. The molecule has 0 spiro atoms. The Kier molecular flexibility index (Phi) is 2.97. The summed E-state index contributed by atoms with van der Waals surface area (Å²) in [7, 11) is 1.49. The lowest BCUT2D eigenvalue weighted by Gasteiger charge is -2.08. The molecule has 6 heteroatoms. The number of phenolic OH excluding ortho intramolecular Hbond substituents is 1. The minimum atomic E-state index is -0.00290. The van der Waals surface area contributed by atoms with Gasteiger partial charge in [0.05, 0.1) is 19.2 Å². The van der Waals surface area contributed by atoms with Crippen molar-refractivity contribution in [2.24, 2.45) is 5.73 Å². The molecule has 0 aliphatic carbocycles. The number of methoxy groups -OCH3 is 1. The zero-order valence-corrected chi connectivity index (χ0v) is 9.60. The van der Waals surface area contributed by atoms with Gasteiger partial charge in [0.15, 0.2) is 11.5 Å². The molecule has 1 heterocycles. The predicted octanol–water partition coefficient (Wildman–Crippen LogP) is 1.22. The number of aromatic hydroxyl groups is 1. The summed E-state index contributed by atoms with van der Waals surface area (Å²) in [5.41, 5.74) is 6.66. The fraction of sp³-hybridized carbons (Fsp3) is 0.273. The Morgan fingerprint density at radius 3 is 2.82 bits per heavy atom. The van der Waals surface area contributed by atoms with E-state index in [1.807, 2.05) is 13.0 Å². The molecule has 1 aromatic heterocycles. The highest BCUT2D eigenvalue weighted by molar-refractivity contribution is 5.69. The Labute approximate surface area is 98.0 Å². The van der Waals surface area contributed by atoms with Crippen LogP contribution in [0.4, 0.5) is 0 Å². The number of nitrogens with zero attached hydrogens (tertiary/aromatic N) is 2. The van der Waals surface area contributed by atoms with E-state index in [0.717, 1.165) is 5.56 Å². The molecule has 90 valence electrons. The maximum Gasteiger partial charge on any atom is 0.240 e. The van der Waals surface area contributed by atoms with Gasteiger partial charge in [-0.1, -0.05) is 11.2 Å². The van der Waals surface area contributed by atoms with Crippen LogP contribution in [-0.4, -0.2) is 22.4 Å². The third kappa shape index (κ3) is 1.94. The Morgan fingerprint density at radius 1 is 1.47 bits per heavy atom. The number of nitrogens with two attached hydrogens (primary N) is 1. The van der Waals surface area contributed by atoms with Crippen LogP contribution >= 0.6 is 0 Å². The van der Waals surface area contributed by atoms with Crippen LogP contribution in [0.2, 0.25) is 0 Å². The predicted molar refractivity (Wildman–Crippen MR) is 60.6 cm³/mol. The SMILES string of the molecule is COc1c(C)ccc(-c2noc(CN)n2)c1O. The lowest BCUT2D eigenvalue weighted by atomic mass is 10.1. The van der Waals surface area contributed by atoms with Gasteiger partial charge < -0.3 is 20.1 Å². The van der Waals surface area contributed by atoms with Crippen molar-refractivity contribution in [2.45, 2.75) is 13.5 Å². The summed E-state index contributed by atoms with van der Waals surface area (Å²) < 4.78 is 10.00. The number of benzene rings is 1. The molecule has 2 aromatic rings. The molecule has 1 aromatic carbocycles. The number of phenols is 1. The van der Waals surface area contributed by atoms with E-state index >= 15 is 0 Å². The average Bonchev–Trinajstić information content (AvgIpc) is 2.78. The van der Waals surface area contributed by atoms with Crippen LogP contribution in [0.1, 0.15) is 11.5 Å². The van der Waals surface area contributed by atoms with Gasteiger partial charge in [0.1, 0.15) is 0 Å².